The highest BCUT2D eigenvalue weighted by Crippen LogP contribution is 2.37. The number of fused-ring (bicyclic) bond motifs is 1. The first-order chi connectivity index (χ1) is 15.9. The van der Waals surface area contributed by atoms with E-state index in [2.05, 4.69) is 11.4 Å². The van der Waals surface area contributed by atoms with Crippen LogP contribution in [0.1, 0.15) is 33.6 Å². The number of rotatable bonds is 8. The fraction of sp³-hybridized carbons (Fsp3) is 0.435. The van der Waals surface area contributed by atoms with Crippen molar-refractivity contribution in [2.75, 3.05) is 32.2 Å². The molecule has 3 N–H and O–H groups in total. The fourth-order valence-corrected chi connectivity index (χ4v) is 4.85. The summed E-state index contributed by atoms with van der Waals surface area (Å²) in [4.78, 5) is 27.1. The van der Waals surface area contributed by atoms with Gasteiger partial charge >= 0.3 is 6.09 Å². The summed E-state index contributed by atoms with van der Waals surface area (Å²) < 4.78 is 10.4. The van der Waals surface area contributed by atoms with Gasteiger partial charge in [0.05, 0.1) is 25.8 Å². The molecule has 2 heterocycles. The maximum atomic E-state index is 12.6. The highest BCUT2D eigenvalue weighted by atomic mass is 32.1. The second-order valence-electron chi connectivity index (χ2n) is 7.77. The van der Waals surface area contributed by atoms with Crippen LogP contribution in [0.4, 0.5) is 9.80 Å². The Labute approximate surface area is 196 Å². The van der Waals surface area contributed by atoms with E-state index in [9.17, 15) is 20.0 Å². The third-order valence-corrected chi connectivity index (χ3v) is 6.48. The molecule has 10 heteroatoms. The van der Waals surface area contributed by atoms with E-state index in [4.69, 9.17) is 14.6 Å². The van der Waals surface area contributed by atoms with Gasteiger partial charge in [-0.1, -0.05) is 17.7 Å². The number of aliphatic hydroxyl groups excluding tert-OH is 2. The SMILES string of the molecule is COc1ccc(C)cc1CCC(=O)Nc1sc2c(c1C#N)CCN(C(=O)OCC(O)CO)C2. The lowest BCUT2D eigenvalue weighted by Crippen LogP contribution is -2.37. The molecule has 1 unspecified atom stereocenters. The molecule has 9 nitrogen and oxygen atoms in total. The maximum Gasteiger partial charge on any atom is 0.410 e. The zero-order chi connectivity index (χ0) is 24.0. The number of nitrogens with zero attached hydrogens (tertiary/aromatic N) is 2. The van der Waals surface area contributed by atoms with Crippen molar-refractivity contribution in [2.24, 2.45) is 0 Å². The highest BCUT2D eigenvalue weighted by Gasteiger charge is 2.28. The zero-order valence-corrected chi connectivity index (χ0v) is 19.4. The van der Waals surface area contributed by atoms with Gasteiger partial charge in [0.25, 0.3) is 0 Å². The molecule has 1 atom stereocenters. The molecule has 33 heavy (non-hydrogen) atoms. The molecule has 1 aromatic heterocycles. The van der Waals surface area contributed by atoms with Crippen LogP contribution >= 0.6 is 11.3 Å². The molecular formula is C23H27N3O6S. The topological polar surface area (TPSA) is 132 Å². The number of nitrogens with one attached hydrogen (secondary N) is 1. The van der Waals surface area contributed by atoms with Gasteiger partial charge in [-0.3, -0.25) is 4.79 Å². The molecule has 2 amide bonds. The number of amides is 2. The van der Waals surface area contributed by atoms with Crippen molar-refractivity contribution in [3.05, 3.63) is 45.3 Å². The van der Waals surface area contributed by atoms with Crippen LogP contribution in [0.2, 0.25) is 0 Å². The van der Waals surface area contributed by atoms with Gasteiger partial charge < -0.3 is 29.9 Å². The largest absolute Gasteiger partial charge is 0.496 e. The van der Waals surface area contributed by atoms with E-state index in [0.717, 1.165) is 27.3 Å². The van der Waals surface area contributed by atoms with Crippen LogP contribution < -0.4 is 10.1 Å². The Balaban J connectivity index is 1.64. The predicted octanol–water partition coefficient (Wildman–Crippen LogP) is 2.36. The fourth-order valence-electron chi connectivity index (χ4n) is 3.62. The molecule has 0 saturated carbocycles. The van der Waals surface area contributed by atoms with Gasteiger partial charge in [-0.2, -0.15) is 5.26 Å². The van der Waals surface area contributed by atoms with Crippen molar-refractivity contribution < 1.29 is 29.3 Å². The normalized spacial score (nSPS) is 13.6. The van der Waals surface area contributed by atoms with Gasteiger partial charge in [0, 0.05) is 17.8 Å². The number of aryl methyl sites for hydroxylation is 2. The molecule has 0 radical (unpaired) electrons. The van der Waals surface area contributed by atoms with E-state index >= 15 is 0 Å². The average molecular weight is 474 g/mol. The van der Waals surface area contributed by atoms with Crippen LogP contribution in [0, 0.1) is 18.3 Å². The molecule has 2 aromatic rings. The van der Waals surface area contributed by atoms with Gasteiger partial charge in [0.15, 0.2) is 0 Å². The predicted molar refractivity (Wildman–Crippen MR) is 122 cm³/mol. The van der Waals surface area contributed by atoms with E-state index in [0.29, 0.717) is 30.0 Å². The van der Waals surface area contributed by atoms with Gasteiger partial charge in [-0.25, -0.2) is 4.79 Å². The van der Waals surface area contributed by atoms with Crippen molar-refractivity contribution >= 4 is 28.3 Å². The summed E-state index contributed by atoms with van der Waals surface area (Å²) in [5, 5.41) is 31.2. The molecule has 0 spiro atoms. The van der Waals surface area contributed by atoms with Gasteiger partial charge in [0.1, 0.15) is 29.5 Å². The first-order valence-electron chi connectivity index (χ1n) is 10.5. The monoisotopic (exact) mass is 473 g/mol. The molecule has 1 aromatic carbocycles. The number of carbonyl (C=O) groups excluding carboxylic acids is 2. The second-order valence-corrected chi connectivity index (χ2v) is 8.87. The summed E-state index contributed by atoms with van der Waals surface area (Å²) in [6, 6.07) is 8.00. The van der Waals surface area contributed by atoms with Crippen molar-refractivity contribution in [1.82, 2.24) is 4.90 Å². The number of ether oxygens (including phenoxy) is 2. The maximum absolute atomic E-state index is 12.6. The molecule has 3 rings (SSSR count). The number of methoxy groups -OCH3 is 1. The number of thiophene rings is 1. The second kappa shape index (κ2) is 11.1. The third-order valence-electron chi connectivity index (χ3n) is 5.35. The number of anilines is 1. The Morgan fingerprint density at radius 3 is 2.88 bits per heavy atom. The Hall–Kier alpha value is -3.13. The molecule has 0 aliphatic carbocycles. The molecule has 176 valence electrons. The van der Waals surface area contributed by atoms with E-state index in [1.54, 1.807) is 7.11 Å². The quantitative estimate of drug-likeness (QED) is 0.536. The van der Waals surface area contributed by atoms with E-state index in [-0.39, 0.29) is 25.5 Å². The summed E-state index contributed by atoms with van der Waals surface area (Å²) in [5.41, 5.74) is 3.29. The van der Waals surface area contributed by atoms with Gasteiger partial charge in [0.2, 0.25) is 5.91 Å². The van der Waals surface area contributed by atoms with Crippen LogP contribution in [0.25, 0.3) is 0 Å². The lowest BCUT2D eigenvalue weighted by molar-refractivity contribution is -0.116. The number of benzene rings is 1. The Kier molecular flexibility index (Phi) is 8.27. The van der Waals surface area contributed by atoms with Crippen LogP contribution in [-0.4, -0.2) is 60.1 Å². The van der Waals surface area contributed by atoms with Crippen molar-refractivity contribution in [2.45, 2.75) is 38.8 Å². The van der Waals surface area contributed by atoms with Crippen molar-refractivity contribution in [3.8, 4) is 11.8 Å². The smallest absolute Gasteiger partial charge is 0.410 e. The van der Waals surface area contributed by atoms with Crippen LogP contribution in [0.3, 0.4) is 0 Å². The molecule has 1 aliphatic heterocycles. The molecule has 1 aliphatic rings. The van der Waals surface area contributed by atoms with E-state index in [1.807, 2.05) is 25.1 Å². The van der Waals surface area contributed by atoms with Crippen LogP contribution in [0.5, 0.6) is 5.75 Å². The highest BCUT2D eigenvalue weighted by molar-refractivity contribution is 7.16. The number of hydrogen-bond donors (Lipinski definition) is 3. The number of hydrogen-bond acceptors (Lipinski definition) is 8. The summed E-state index contributed by atoms with van der Waals surface area (Å²) in [6.45, 7) is 1.80. The minimum Gasteiger partial charge on any atom is -0.496 e. The zero-order valence-electron chi connectivity index (χ0n) is 18.6. The lowest BCUT2D eigenvalue weighted by atomic mass is 10.0. The van der Waals surface area contributed by atoms with Gasteiger partial charge in [-0.15, -0.1) is 11.3 Å². The van der Waals surface area contributed by atoms with Crippen molar-refractivity contribution in [3.63, 3.8) is 0 Å². The molecule has 0 bridgehead atoms. The third kappa shape index (κ3) is 6.01. The van der Waals surface area contributed by atoms with Crippen LogP contribution in [-0.2, 0) is 28.9 Å². The number of carbonyl (C=O) groups is 2. The average Bonchev–Trinajstić information content (AvgIpc) is 3.16. The lowest BCUT2D eigenvalue weighted by Gasteiger charge is -2.26. The van der Waals surface area contributed by atoms with Crippen LogP contribution in [0.15, 0.2) is 18.2 Å². The van der Waals surface area contributed by atoms with Crippen molar-refractivity contribution in [1.29, 1.82) is 5.26 Å². The Bertz CT molecular complexity index is 1060. The summed E-state index contributed by atoms with van der Waals surface area (Å²) >= 11 is 1.28. The molecular weight excluding hydrogens is 446 g/mol. The minimum atomic E-state index is -1.12. The van der Waals surface area contributed by atoms with E-state index in [1.165, 1.54) is 16.2 Å². The first kappa shape index (κ1) is 24.5. The number of nitriles is 1. The summed E-state index contributed by atoms with van der Waals surface area (Å²) in [6.07, 6.45) is -0.523. The van der Waals surface area contributed by atoms with Gasteiger partial charge in [-0.05, 0) is 37.0 Å². The Morgan fingerprint density at radius 1 is 1.39 bits per heavy atom. The molecule has 0 fully saturated rings. The van der Waals surface area contributed by atoms with E-state index < -0.39 is 18.8 Å². The minimum absolute atomic E-state index is 0.206. The summed E-state index contributed by atoms with van der Waals surface area (Å²) in [7, 11) is 1.59. The number of aliphatic hydroxyl groups is 2. The molecule has 0 saturated heterocycles. The summed E-state index contributed by atoms with van der Waals surface area (Å²) in [5.74, 6) is 0.527. The first-order valence-corrected chi connectivity index (χ1v) is 11.4. The standard InChI is InChI=1S/C23H27N3O6S/c1-14-3-5-19(31-2)15(9-14)4-6-21(29)25-22-18(10-24)17-7-8-26(11-20(17)33-22)23(30)32-13-16(28)12-27/h3,5,9,16,27-28H,4,6-8,11-13H2,1-2H3,(H,25,29). The Morgan fingerprint density at radius 2 is 2.18 bits per heavy atom.